The van der Waals surface area contributed by atoms with Crippen LogP contribution >= 0.6 is 0 Å². The topological polar surface area (TPSA) is 39.1 Å². The molecule has 0 amide bonds. The summed E-state index contributed by atoms with van der Waals surface area (Å²) in [5.74, 6) is 0. The summed E-state index contributed by atoms with van der Waals surface area (Å²) >= 11 is 0. The Balaban J connectivity index is 1.66. The molecule has 2 heterocycles. The van der Waals surface area contributed by atoms with Gasteiger partial charge in [0.25, 0.3) is 0 Å². The van der Waals surface area contributed by atoms with Gasteiger partial charge in [-0.05, 0) is 46.0 Å². The van der Waals surface area contributed by atoms with Gasteiger partial charge in [-0.3, -0.25) is 0 Å². The molecular formula is C15H25N3O. The lowest BCUT2D eigenvalue weighted by atomic mass is 9.88. The lowest BCUT2D eigenvalue weighted by Gasteiger charge is -2.38. The smallest absolute Gasteiger partial charge is 0.0951 e. The SMILES string of the molecule is CCOC1CC(n2cncc2C2CCCC(C)N2)C1. The van der Waals surface area contributed by atoms with Crippen molar-refractivity contribution in [3.63, 3.8) is 0 Å². The number of hydrogen-bond donors (Lipinski definition) is 1. The molecule has 2 atom stereocenters. The van der Waals surface area contributed by atoms with Gasteiger partial charge in [0.15, 0.2) is 0 Å². The van der Waals surface area contributed by atoms with Gasteiger partial charge < -0.3 is 14.6 Å². The highest BCUT2D eigenvalue weighted by Crippen LogP contribution is 2.37. The number of ether oxygens (including phenoxy) is 1. The van der Waals surface area contributed by atoms with Crippen LogP contribution in [0.2, 0.25) is 0 Å². The number of aromatic nitrogens is 2. The predicted molar refractivity (Wildman–Crippen MR) is 75.1 cm³/mol. The third-order valence-corrected chi connectivity index (χ3v) is 4.53. The van der Waals surface area contributed by atoms with Crippen LogP contribution in [0.15, 0.2) is 12.5 Å². The number of imidazole rings is 1. The summed E-state index contributed by atoms with van der Waals surface area (Å²) in [6.07, 6.45) is 10.6. The Bertz CT molecular complexity index is 411. The van der Waals surface area contributed by atoms with E-state index in [1.54, 1.807) is 0 Å². The lowest BCUT2D eigenvalue weighted by molar-refractivity contribution is -0.0207. The highest BCUT2D eigenvalue weighted by molar-refractivity contribution is 5.10. The molecule has 0 radical (unpaired) electrons. The van der Waals surface area contributed by atoms with E-state index < -0.39 is 0 Å². The average molecular weight is 263 g/mol. The van der Waals surface area contributed by atoms with Crippen LogP contribution in [-0.2, 0) is 4.74 Å². The van der Waals surface area contributed by atoms with Crippen molar-refractivity contribution in [2.75, 3.05) is 6.61 Å². The van der Waals surface area contributed by atoms with E-state index in [9.17, 15) is 0 Å². The molecule has 1 N–H and O–H groups in total. The monoisotopic (exact) mass is 263 g/mol. The second kappa shape index (κ2) is 5.63. The zero-order valence-corrected chi connectivity index (χ0v) is 12.0. The van der Waals surface area contributed by atoms with E-state index in [-0.39, 0.29) is 0 Å². The molecule has 2 unspecified atom stereocenters. The third-order valence-electron chi connectivity index (χ3n) is 4.53. The van der Waals surface area contributed by atoms with Crippen molar-refractivity contribution in [1.29, 1.82) is 0 Å². The fraction of sp³-hybridized carbons (Fsp3) is 0.800. The van der Waals surface area contributed by atoms with E-state index in [1.807, 2.05) is 12.5 Å². The number of hydrogen-bond acceptors (Lipinski definition) is 3. The third kappa shape index (κ3) is 2.70. The number of piperidine rings is 1. The van der Waals surface area contributed by atoms with E-state index in [0.717, 1.165) is 19.4 Å². The minimum atomic E-state index is 0.462. The van der Waals surface area contributed by atoms with Gasteiger partial charge in [0.2, 0.25) is 0 Å². The van der Waals surface area contributed by atoms with Gasteiger partial charge in [0.05, 0.1) is 18.1 Å². The Labute approximate surface area is 115 Å². The fourth-order valence-corrected chi connectivity index (χ4v) is 3.40. The van der Waals surface area contributed by atoms with Crippen LogP contribution in [0.3, 0.4) is 0 Å². The summed E-state index contributed by atoms with van der Waals surface area (Å²) in [7, 11) is 0. The van der Waals surface area contributed by atoms with Gasteiger partial charge in [-0.2, -0.15) is 0 Å². The number of nitrogens with zero attached hydrogens (tertiary/aromatic N) is 2. The molecule has 1 aromatic rings. The largest absolute Gasteiger partial charge is 0.378 e. The molecule has 106 valence electrons. The first-order valence-corrected chi connectivity index (χ1v) is 7.67. The molecule has 4 heteroatoms. The average Bonchev–Trinajstić information content (AvgIpc) is 2.82. The molecule has 1 saturated heterocycles. The Hall–Kier alpha value is -0.870. The first-order chi connectivity index (χ1) is 9.28. The van der Waals surface area contributed by atoms with Gasteiger partial charge in [-0.15, -0.1) is 0 Å². The highest BCUT2D eigenvalue weighted by atomic mass is 16.5. The van der Waals surface area contributed by atoms with Crippen LogP contribution in [0.4, 0.5) is 0 Å². The zero-order valence-electron chi connectivity index (χ0n) is 12.0. The van der Waals surface area contributed by atoms with E-state index in [1.165, 1.54) is 25.0 Å². The first kappa shape index (κ1) is 13.1. The Morgan fingerprint density at radius 2 is 2.26 bits per heavy atom. The minimum Gasteiger partial charge on any atom is -0.378 e. The maximum absolute atomic E-state index is 5.66. The van der Waals surface area contributed by atoms with Crippen LogP contribution in [-0.4, -0.2) is 28.3 Å². The standard InChI is InChI=1S/C15H25N3O/c1-3-19-13-7-12(8-13)18-10-16-9-15(18)14-6-4-5-11(2)17-14/h9-14,17H,3-8H2,1-2H3. The van der Waals surface area contributed by atoms with Crippen molar-refractivity contribution >= 4 is 0 Å². The van der Waals surface area contributed by atoms with Crippen molar-refractivity contribution < 1.29 is 4.74 Å². The number of rotatable bonds is 4. The molecule has 2 fully saturated rings. The Morgan fingerprint density at radius 3 is 3.00 bits per heavy atom. The lowest BCUT2D eigenvalue weighted by Crippen LogP contribution is -2.38. The quantitative estimate of drug-likeness (QED) is 0.908. The van der Waals surface area contributed by atoms with Crippen LogP contribution in [0.1, 0.15) is 63.7 Å². The van der Waals surface area contributed by atoms with Gasteiger partial charge in [-0.1, -0.05) is 0 Å². The van der Waals surface area contributed by atoms with Gasteiger partial charge in [0, 0.05) is 30.9 Å². The second-order valence-electron chi connectivity index (χ2n) is 5.98. The van der Waals surface area contributed by atoms with Crippen molar-refractivity contribution in [2.45, 2.75) is 70.2 Å². The zero-order chi connectivity index (χ0) is 13.2. The van der Waals surface area contributed by atoms with Gasteiger partial charge in [-0.25, -0.2) is 4.98 Å². The first-order valence-electron chi connectivity index (χ1n) is 7.67. The molecule has 0 bridgehead atoms. The molecule has 1 aliphatic carbocycles. The molecular weight excluding hydrogens is 238 g/mol. The molecule has 3 rings (SSSR count). The number of nitrogens with one attached hydrogen (secondary N) is 1. The summed E-state index contributed by atoms with van der Waals surface area (Å²) < 4.78 is 8.04. The summed E-state index contributed by atoms with van der Waals surface area (Å²) in [6, 6.07) is 1.70. The molecule has 0 aromatic carbocycles. The van der Waals surface area contributed by atoms with Crippen molar-refractivity contribution in [3.05, 3.63) is 18.2 Å². The summed E-state index contributed by atoms with van der Waals surface area (Å²) in [5.41, 5.74) is 1.37. The van der Waals surface area contributed by atoms with Crippen LogP contribution < -0.4 is 5.32 Å². The molecule has 1 aliphatic heterocycles. The maximum Gasteiger partial charge on any atom is 0.0951 e. The normalized spacial score (nSPS) is 35.1. The molecule has 2 aliphatic rings. The Kier molecular flexibility index (Phi) is 3.89. The minimum absolute atomic E-state index is 0.462. The van der Waals surface area contributed by atoms with Crippen molar-refractivity contribution in [1.82, 2.24) is 14.9 Å². The van der Waals surface area contributed by atoms with Crippen LogP contribution in [0, 0.1) is 0 Å². The molecule has 0 spiro atoms. The molecule has 4 nitrogen and oxygen atoms in total. The van der Waals surface area contributed by atoms with Crippen molar-refractivity contribution in [3.8, 4) is 0 Å². The maximum atomic E-state index is 5.66. The second-order valence-corrected chi connectivity index (χ2v) is 5.98. The van der Waals surface area contributed by atoms with E-state index in [2.05, 4.69) is 28.7 Å². The highest BCUT2D eigenvalue weighted by Gasteiger charge is 2.33. The van der Waals surface area contributed by atoms with Crippen molar-refractivity contribution in [2.24, 2.45) is 0 Å². The summed E-state index contributed by atoms with van der Waals surface area (Å²) in [6.45, 7) is 5.18. The van der Waals surface area contributed by atoms with E-state index in [4.69, 9.17) is 4.74 Å². The van der Waals surface area contributed by atoms with E-state index in [0.29, 0.717) is 24.2 Å². The van der Waals surface area contributed by atoms with E-state index >= 15 is 0 Å². The fourth-order valence-electron chi connectivity index (χ4n) is 3.40. The predicted octanol–water partition coefficient (Wildman–Crippen LogP) is 2.83. The summed E-state index contributed by atoms with van der Waals surface area (Å²) in [5, 5.41) is 3.71. The molecule has 1 saturated carbocycles. The van der Waals surface area contributed by atoms with Crippen LogP contribution in [0.25, 0.3) is 0 Å². The summed E-state index contributed by atoms with van der Waals surface area (Å²) in [4.78, 5) is 4.38. The Morgan fingerprint density at radius 1 is 1.42 bits per heavy atom. The molecule has 1 aromatic heterocycles. The van der Waals surface area contributed by atoms with Crippen LogP contribution in [0.5, 0.6) is 0 Å². The van der Waals surface area contributed by atoms with Gasteiger partial charge >= 0.3 is 0 Å². The van der Waals surface area contributed by atoms with Gasteiger partial charge in [0.1, 0.15) is 0 Å². The molecule has 19 heavy (non-hydrogen) atoms.